The van der Waals surface area contributed by atoms with E-state index in [1.54, 1.807) is 0 Å². The Balaban J connectivity index is 3.17. The number of rotatable bonds is 18. The van der Waals surface area contributed by atoms with E-state index in [-0.39, 0.29) is 5.75 Å². The van der Waals surface area contributed by atoms with Crippen LogP contribution in [-0.2, 0) is 10.1 Å². The Kier molecular flexibility index (Phi) is 16.3. The second-order valence-electron chi connectivity index (χ2n) is 7.56. The third-order valence-electron chi connectivity index (χ3n) is 4.92. The van der Waals surface area contributed by atoms with Crippen molar-refractivity contribution in [1.82, 2.24) is 0 Å². The summed E-state index contributed by atoms with van der Waals surface area (Å²) in [5.74, 6) is 0.302. The van der Waals surface area contributed by atoms with Crippen LogP contribution in [0, 0.1) is 5.92 Å². The molecule has 0 saturated heterocycles. The molecule has 24 heavy (non-hydrogen) atoms. The van der Waals surface area contributed by atoms with Gasteiger partial charge in [-0.3, -0.25) is 4.55 Å². The number of hydrogen-bond donors (Lipinski definition) is 1. The van der Waals surface area contributed by atoms with Crippen LogP contribution in [0.4, 0.5) is 0 Å². The van der Waals surface area contributed by atoms with Crippen LogP contribution in [-0.4, -0.2) is 18.7 Å². The molecular weight excluding hydrogens is 320 g/mol. The molecule has 0 spiro atoms. The molecule has 1 N–H and O–H groups in total. The smallest absolute Gasteiger partial charge is 0.264 e. The molecule has 3 nitrogen and oxygen atoms in total. The minimum absolute atomic E-state index is 0.0905. The second kappa shape index (κ2) is 16.4. The van der Waals surface area contributed by atoms with Gasteiger partial charge in [-0.2, -0.15) is 8.42 Å². The summed E-state index contributed by atoms with van der Waals surface area (Å²) in [7, 11) is -3.78. The van der Waals surface area contributed by atoms with Gasteiger partial charge in [0.05, 0.1) is 5.75 Å². The van der Waals surface area contributed by atoms with Crippen molar-refractivity contribution in [2.24, 2.45) is 5.92 Å². The summed E-state index contributed by atoms with van der Waals surface area (Å²) < 4.78 is 30.1. The first-order valence-electron chi connectivity index (χ1n) is 10.4. The Morgan fingerprint density at radius 2 is 1.04 bits per heavy atom. The van der Waals surface area contributed by atoms with E-state index in [9.17, 15) is 8.42 Å². The maximum atomic E-state index is 10.7. The topological polar surface area (TPSA) is 54.4 Å². The molecule has 0 aromatic heterocycles. The normalized spacial score (nSPS) is 13.3. The lowest BCUT2D eigenvalue weighted by Gasteiger charge is -2.09. The Morgan fingerprint density at radius 3 is 1.42 bits per heavy atom. The number of hydrogen-bond acceptors (Lipinski definition) is 2. The van der Waals surface area contributed by atoms with E-state index >= 15 is 0 Å². The molecule has 0 fully saturated rings. The summed E-state index contributed by atoms with van der Waals surface area (Å²) in [5, 5.41) is 0. The molecule has 146 valence electrons. The number of unbranched alkanes of at least 4 members (excludes halogenated alkanes) is 13. The largest absolute Gasteiger partial charge is 0.286 e. The summed E-state index contributed by atoms with van der Waals surface area (Å²) in [6.07, 6.45) is 20.8. The van der Waals surface area contributed by atoms with Crippen molar-refractivity contribution in [3.05, 3.63) is 0 Å². The minimum Gasteiger partial charge on any atom is -0.286 e. The Morgan fingerprint density at radius 1 is 0.667 bits per heavy atom. The Bertz CT molecular complexity index is 352. The second-order valence-corrected chi connectivity index (χ2v) is 9.14. The first kappa shape index (κ1) is 23.9. The lowest BCUT2D eigenvalue weighted by atomic mass is 9.99. The molecule has 0 rings (SSSR count). The van der Waals surface area contributed by atoms with Gasteiger partial charge >= 0.3 is 0 Å². The van der Waals surface area contributed by atoms with Crippen LogP contribution >= 0.6 is 0 Å². The summed E-state index contributed by atoms with van der Waals surface area (Å²) >= 11 is 0. The molecule has 1 unspecified atom stereocenters. The van der Waals surface area contributed by atoms with Gasteiger partial charge in [0, 0.05) is 0 Å². The van der Waals surface area contributed by atoms with Gasteiger partial charge in [-0.1, -0.05) is 110 Å². The van der Waals surface area contributed by atoms with Gasteiger partial charge in [-0.15, -0.1) is 0 Å². The third-order valence-corrected chi connectivity index (χ3v) is 5.67. The van der Waals surface area contributed by atoms with E-state index < -0.39 is 10.1 Å². The zero-order chi connectivity index (χ0) is 18.1. The van der Waals surface area contributed by atoms with Gasteiger partial charge < -0.3 is 0 Å². The van der Waals surface area contributed by atoms with E-state index in [4.69, 9.17) is 4.55 Å². The van der Waals surface area contributed by atoms with Crippen LogP contribution in [0.2, 0.25) is 0 Å². The highest BCUT2D eigenvalue weighted by Crippen LogP contribution is 2.16. The molecule has 1 atom stereocenters. The van der Waals surface area contributed by atoms with Gasteiger partial charge in [0.1, 0.15) is 0 Å². The van der Waals surface area contributed by atoms with Gasteiger partial charge in [0.15, 0.2) is 0 Å². The van der Waals surface area contributed by atoms with Gasteiger partial charge in [-0.05, 0) is 12.3 Å². The standard InChI is InChI=1S/C20H42O3S/c1-3-4-5-6-7-8-9-10-11-12-13-14-15-16-17-20(2)18-19-24(21,22)23/h20H,3-19H2,1-2H3,(H,21,22,23). The van der Waals surface area contributed by atoms with Crippen molar-refractivity contribution in [1.29, 1.82) is 0 Å². The van der Waals surface area contributed by atoms with Crippen LogP contribution < -0.4 is 0 Å². The van der Waals surface area contributed by atoms with Crippen LogP contribution in [0.1, 0.15) is 117 Å². The van der Waals surface area contributed by atoms with Crippen LogP contribution in [0.3, 0.4) is 0 Å². The fourth-order valence-electron chi connectivity index (χ4n) is 3.18. The van der Waals surface area contributed by atoms with Crippen LogP contribution in [0.15, 0.2) is 0 Å². The molecule has 0 bridgehead atoms. The highest BCUT2D eigenvalue weighted by molar-refractivity contribution is 7.85. The molecular formula is C20H42O3S. The first-order valence-corrected chi connectivity index (χ1v) is 12.0. The molecule has 0 aromatic carbocycles. The lowest BCUT2D eigenvalue weighted by molar-refractivity contribution is 0.447. The zero-order valence-electron chi connectivity index (χ0n) is 16.3. The van der Waals surface area contributed by atoms with E-state index in [1.807, 2.05) is 0 Å². The van der Waals surface area contributed by atoms with Crippen molar-refractivity contribution >= 4 is 10.1 Å². The fourth-order valence-corrected chi connectivity index (χ4v) is 3.88. The van der Waals surface area contributed by atoms with E-state index in [1.165, 1.54) is 89.9 Å². The SMILES string of the molecule is CCCCCCCCCCCCCCCCC(C)CCS(=O)(=O)O. The Hall–Kier alpha value is -0.0900. The monoisotopic (exact) mass is 362 g/mol. The maximum Gasteiger partial charge on any atom is 0.264 e. The van der Waals surface area contributed by atoms with Gasteiger partial charge in [0.25, 0.3) is 10.1 Å². The van der Waals surface area contributed by atoms with Crippen LogP contribution in [0.25, 0.3) is 0 Å². The molecule has 0 aromatic rings. The molecule has 0 heterocycles. The predicted molar refractivity (Wildman–Crippen MR) is 105 cm³/mol. The van der Waals surface area contributed by atoms with Gasteiger partial charge in [-0.25, -0.2) is 0 Å². The highest BCUT2D eigenvalue weighted by Gasteiger charge is 2.08. The molecule has 0 amide bonds. The minimum atomic E-state index is -3.78. The maximum absolute atomic E-state index is 10.7. The van der Waals surface area contributed by atoms with Crippen molar-refractivity contribution in [2.75, 3.05) is 5.75 Å². The molecule has 0 radical (unpaired) electrons. The van der Waals surface area contributed by atoms with Crippen molar-refractivity contribution in [2.45, 2.75) is 117 Å². The fraction of sp³-hybridized carbons (Fsp3) is 1.00. The van der Waals surface area contributed by atoms with Crippen LogP contribution in [0.5, 0.6) is 0 Å². The van der Waals surface area contributed by atoms with E-state index in [2.05, 4.69) is 13.8 Å². The summed E-state index contributed by atoms with van der Waals surface area (Å²) in [6.45, 7) is 4.35. The summed E-state index contributed by atoms with van der Waals surface area (Å²) in [4.78, 5) is 0. The summed E-state index contributed by atoms with van der Waals surface area (Å²) in [5.41, 5.74) is 0. The summed E-state index contributed by atoms with van der Waals surface area (Å²) in [6, 6.07) is 0. The van der Waals surface area contributed by atoms with Crippen molar-refractivity contribution < 1.29 is 13.0 Å². The van der Waals surface area contributed by atoms with E-state index in [0.29, 0.717) is 12.3 Å². The quantitative estimate of drug-likeness (QED) is 0.216. The van der Waals surface area contributed by atoms with Crippen molar-refractivity contribution in [3.8, 4) is 0 Å². The average Bonchev–Trinajstić information content (AvgIpc) is 2.52. The molecule has 0 aliphatic rings. The average molecular weight is 363 g/mol. The van der Waals surface area contributed by atoms with Crippen molar-refractivity contribution in [3.63, 3.8) is 0 Å². The molecule has 0 aliphatic carbocycles. The first-order chi connectivity index (χ1) is 11.5. The lowest BCUT2D eigenvalue weighted by Crippen LogP contribution is -2.08. The highest BCUT2D eigenvalue weighted by atomic mass is 32.2. The zero-order valence-corrected chi connectivity index (χ0v) is 17.1. The molecule has 0 aliphatic heterocycles. The van der Waals surface area contributed by atoms with E-state index in [0.717, 1.165) is 6.42 Å². The van der Waals surface area contributed by atoms with Gasteiger partial charge in [0.2, 0.25) is 0 Å². The predicted octanol–water partition coefficient (Wildman–Crippen LogP) is 6.77. The molecule has 0 saturated carbocycles. The Labute approximate surface area is 151 Å². The third kappa shape index (κ3) is 20.0. The molecule has 4 heteroatoms.